The summed E-state index contributed by atoms with van der Waals surface area (Å²) < 4.78 is 40.7. The highest BCUT2D eigenvalue weighted by Crippen LogP contribution is 2.36. The summed E-state index contributed by atoms with van der Waals surface area (Å²) in [6, 6.07) is 3.12. The van der Waals surface area contributed by atoms with Gasteiger partial charge in [0.05, 0.1) is 11.6 Å². The third kappa shape index (κ3) is 4.40. The first-order valence-electron chi connectivity index (χ1n) is 8.75. The van der Waals surface area contributed by atoms with Gasteiger partial charge in [-0.05, 0) is 19.2 Å². The van der Waals surface area contributed by atoms with Crippen LogP contribution in [0.25, 0.3) is 5.78 Å². The summed E-state index contributed by atoms with van der Waals surface area (Å²) in [7, 11) is -3.71. The van der Waals surface area contributed by atoms with E-state index >= 15 is 0 Å². The normalized spacial score (nSPS) is 18.2. The predicted molar refractivity (Wildman–Crippen MR) is 116 cm³/mol. The molecule has 162 valence electrons. The lowest BCUT2D eigenvalue weighted by Gasteiger charge is -2.31. The van der Waals surface area contributed by atoms with Crippen molar-refractivity contribution in [2.24, 2.45) is 0 Å². The van der Waals surface area contributed by atoms with Gasteiger partial charge in [0.2, 0.25) is 11.0 Å². The van der Waals surface area contributed by atoms with Crippen molar-refractivity contribution in [3.63, 3.8) is 0 Å². The standard InChI is InChI=1S/C16H17Cl2N5O4S3/c1-9-5-12(23-15(19-9)20-16(21-23)28-2)27-8-10-7-22(3-4-26-10)30(24,25)13-6-11(17)14(18)29-13/h5-6,10H,3-4,7-8H2,1-2H3. The van der Waals surface area contributed by atoms with Gasteiger partial charge in [0.15, 0.2) is 0 Å². The van der Waals surface area contributed by atoms with E-state index in [0.29, 0.717) is 16.8 Å². The highest BCUT2D eigenvalue weighted by Gasteiger charge is 2.33. The molecule has 3 aromatic rings. The maximum absolute atomic E-state index is 12.9. The molecular weight excluding hydrogens is 493 g/mol. The number of nitrogens with zero attached hydrogens (tertiary/aromatic N) is 5. The number of fused-ring (bicyclic) bond motifs is 1. The van der Waals surface area contributed by atoms with Crippen molar-refractivity contribution in [2.75, 3.05) is 32.6 Å². The molecule has 0 N–H and O–H groups in total. The molecule has 0 saturated carbocycles. The summed E-state index contributed by atoms with van der Waals surface area (Å²) in [6.45, 7) is 2.62. The molecule has 4 heterocycles. The Balaban J connectivity index is 1.48. The minimum absolute atomic E-state index is 0.109. The van der Waals surface area contributed by atoms with Crippen LogP contribution in [0.5, 0.6) is 5.88 Å². The number of hydrogen-bond acceptors (Lipinski definition) is 9. The van der Waals surface area contributed by atoms with E-state index in [1.165, 1.54) is 26.6 Å². The van der Waals surface area contributed by atoms with E-state index < -0.39 is 16.1 Å². The Morgan fingerprint density at radius 3 is 2.87 bits per heavy atom. The Labute approximate surface area is 191 Å². The smallest absolute Gasteiger partial charge is 0.256 e. The number of morpholine rings is 1. The number of thiophene rings is 1. The van der Waals surface area contributed by atoms with E-state index in [-0.39, 0.29) is 39.9 Å². The molecule has 0 aliphatic carbocycles. The summed E-state index contributed by atoms with van der Waals surface area (Å²) in [5, 5.41) is 5.16. The first-order valence-corrected chi connectivity index (χ1v) is 13.0. The monoisotopic (exact) mass is 509 g/mol. The molecule has 0 amide bonds. The van der Waals surface area contributed by atoms with Crippen LogP contribution in [0.4, 0.5) is 0 Å². The van der Waals surface area contributed by atoms with Crippen LogP contribution in [-0.2, 0) is 14.8 Å². The van der Waals surface area contributed by atoms with E-state index in [9.17, 15) is 8.42 Å². The van der Waals surface area contributed by atoms with E-state index in [1.54, 1.807) is 6.07 Å². The molecule has 14 heteroatoms. The van der Waals surface area contributed by atoms with Gasteiger partial charge in [0.1, 0.15) is 21.3 Å². The average Bonchev–Trinajstić information content (AvgIpc) is 3.29. The van der Waals surface area contributed by atoms with Gasteiger partial charge in [-0.2, -0.15) is 13.8 Å². The van der Waals surface area contributed by atoms with Crippen LogP contribution in [0.2, 0.25) is 9.36 Å². The van der Waals surface area contributed by atoms with Gasteiger partial charge >= 0.3 is 0 Å². The number of hydrogen-bond donors (Lipinski definition) is 0. The van der Waals surface area contributed by atoms with Crippen LogP contribution >= 0.6 is 46.3 Å². The SMILES string of the molecule is CSc1nc2nc(C)cc(OCC3CN(S(=O)(=O)c4cc(Cl)c(Cl)s4)CCO3)n2n1. The molecule has 1 unspecified atom stereocenters. The van der Waals surface area contributed by atoms with Gasteiger partial charge in [-0.1, -0.05) is 35.0 Å². The number of thioether (sulfide) groups is 1. The Kier molecular flexibility index (Phi) is 6.45. The molecule has 1 aliphatic heterocycles. The molecular formula is C16H17Cl2N5O4S3. The van der Waals surface area contributed by atoms with Crippen LogP contribution in [0.1, 0.15) is 5.69 Å². The third-order valence-electron chi connectivity index (χ3n) is 4.31. The molecule has 3 aromatic heterocycles. The van der Waals surface area contributed by atoms with Gasteiger partial charge in [0.25, 0.3) is 15.8 Å². The molecule has 0 aromatic carbocycles. The fourth-order valence-electron chi connectivity index (χ4n) is 2.90. The van der Waals surface area contributed by atoms with E-state index in [4.69, 9.17) is 32.7 Å². The zero-order valence-electron chi connectivity index (χ0n) is 15.9. The Hall–Kier alpha value is -1.15. The number of aromatic nitrogens is 4. The first kappa shape index (κ1) is 22.1. The summed E-state index contributed by atoms with van der Waals surface area (Å²) in [5.74, 6) is 0.903. The van der Waals surface area contributed by atoms with Gasteiger partial charge < -0.3 is 9.47 Å². The zero-order valence-corrected chi connectivity index (χ0v) is 19.9. The van der Waals surface area contributed by atoms with Crippen molar-refractivity contribution >= 4 is 62.1 Å². The first-order chi connectivity index (χ1) is 14.3. The average molecular weight is 510 g/mol. The number of halogens is 2. The summed E-state index contributed by atoms with van der Waals surface area (Å²) in [5.41, 5.74) is 0.734. The molecule has 0 bridgehead atoms. The van der Waals surface area contributed by atoms with Crippen molar-refractivity contribution in [3.8, 4) is 5.88 Å². The molecule has 0 radical (unpaired) electrons. The van der Waals surface area contributed by atoms with E-state index in [1.807, 2.05) is 13.2 Å². The highest BCUT2D eigenvalue weighted by atomic mass is 35.5. The second-order valence-corrected chi connectivity index (χ2v) is 11.4. The lowest BCUT2D eigenvalue weighted by atomic mass is 10.3. The molecule has 4 rings (SSSR count). The van der Waals surface area contributed by atoms with Crippen molar-refractivity contribution in [2.45, 2.75) is 22.4 Å². The van der Waals surface area contributed by atoms with Crippen LogP contribution in [0.15, 0.2) is 21.5 Å². The van der Waals surface area contributed by atoms with Crippen molar-refractivity contribution in [1.29, 1.82) is 0 Å². The minimum Gasteiger partial charge on any atom is -0.475 e. The van der Waals surface area contributed by atoms with Crippen molar-refractivity contribution in [1.82, 2.24) is 23.9 Å². The molecule has 1 fully saturated rings. The van der Waals surface area contributed by atoms with Crippen LogP contribution in [0.3, 0.4) is 0 Å². The highest BCUT2D eigenvalue weighted by molar-refractivity contribution is 7.98. The summed E-state index contributed by atoms with van der Waals surface area (Å²) >= 11 is 14.2. The number of sulfonamides is 1. The lowest BCUT2D eigenvalue weighted by molar-refractivity contribution is -0.0260. The Morgan fingerprint density at radius 2 is 2.17 bits per heavy atom. The van der Waals surface area contributed by atoms with Crippen LogP contribution in [-0.4, -0.2) is 71.0 Å². The topological polar surface area (TPSA) is 98.9 Å². The van der Waals surface area contributed by atoms with Crippen LogP contribution < -0.4 is 4.74 Å². The molecule has 30 heavy (non-hydrogen) atoms. The predicted octanol–water partition coefficient (Wildman–Crippen LogP) is 2.99. The maximum atomic E-state index is 12.9. The van der Waals surface area contributed by atoms with Gasteiger partial charge in [-0.25, -0.2) is 13.4 Å². The molecule has 0 spiro atoms. The maximum Gasteiger partial charge on any atom is 0.256 e. The van der Waals surface area contributed by atoms with E-state index in [2.05, 4.69) is 15.1 Å². The number of ether oxygens (including phenoxy) is 2. The van der Waals surface area contributed by atoms with Gasteiger partial charge in [-0.3, -0.25) is 0 Å². The minimum atomic E-state index is -3.71. The molecule has 9 nitrogen and oxygen atoms in total. The van der Waals surface area contributed by atoms with Crippen LogP contribution in [0, 0.1) is 6.92 Å². The van der Waals surface area contributed by atoms with Crippen molar-refractivity contribution < 1.29 is 17.9 Å². The van der Waals surface area contributed by atoms with Gasteiger partial charge in [-0.15, -0.1) is 16.4 Å². The Morgan fingerprint density at radius 1 is 1.37 bits per heavy atom. The quantitative estimate of drug-likeness (QED) is 0.467. The largest absolute Gasteiger partial charge is 0.475 e. The third-order valence-corrected chi connectivity index (χ3v) is 9.02. The molecule has 1 saturated heterocycles. The lowest BCUT2D eigenvalue weighted by Crippen LogP contribution is -2.47. The number of aryl methyl sites for hydroxylation is 1. The second kappa shape index (κ2) is 8.77. The summed E-state index contributed by atoms with van der Waals surface area (Å²) in [4.78, 5) is 8.66. The fourth-order valence-corrected chi connectivity index (χ4v) is 6.72. The van der Waals surface area contributed by atoms with Crippen molar-refractivity contribution in [3.05, 3.63) is 27.2 Å². The Bertz CT molecular complexity index is 1160. The molecule has 1 atom stereocenters. The second-order valence-electron chi connectivity index (χ2n) is 6.40. The zero-order chi connectivity index (χ0) is 21.5. The van der Waals surface area contributed by atoms with E-state index in [0.717, 1.165) is 17.0 Å². The molecule has 1 aliphatic rings. The summed E-state index contributed by atoms with van der Waals surface area (Å²) in [6.07, 6.45) is 1.42. The fraction of sp³-hybridized carbons (Fsp3) is 0.438. The number of rotatable bonds is 6. The van der Waals surface area contributed by atoms with Gasteiger partial charge in [0, 0.05) is 24.8 Å².